The summed E-state index contributed by atoms with van der Waals surface area (Å²) in [6, 6.07) is 3.72. The number of aliphatic hydroxyl groups excluding tert-OH is 1. The highest BCUT2D eigenvalue weighted by Gasteiger charge is 2.59. The zero-order chi connectivity index (χ0) is 23.6. The molecule has 6 rings (SSSR count). The van der Waals surface area contributed by atoms with Crippen LogP contribution in [0.25, 0.3) is 10.2 Å². The smallest absolute Gasteiger partial charge is 0.246 e. The Morgan fingerprint density at radius 2 is 2.03 bits per heavy atom. The molecule has 1 saturated carbocycles. The van der Waals surface area contributed by atoms with Crippen LogP contribution >= 0.6 is 11.3 Å². The summed E-state index contributed by atoms with van der Waals surface area (Å²) in [5.41, 5.74) is 6.92. The number of fused-ring (bicyclic) bond motifs is 5. The van der Waals surface area contributed by atoms with Crippen molar-refractivity contribution in [1.82, 2.24) is 9.88 Å². The number of ether oxygens (including phenoxy) is 2. The van der Waals surface area contributed by atoms with Gasteiger partial charge in [-0.2, -0.15) is 0 Å². The van der Waals surface area contributed by atoms with E-state index in [-0.39, 0.29) is 12.0 Å². The highest BCUT2D eigenvalue weighted by atomic mass is 32.1. The second-order valence-corrected chi connectivity index (χ2v) is 12.3. The Morgan fingerprint density at radius 1 is 1.29 bits per heavy atom. The third kappa shape index (κ3) is 3.56. The lowest BCUT2D eigenvalue weighted by Gasteiger charge is -2.67. The number of hydrogen-bond donors (Lipinski definition) is 2. The van der Waals surface area contributed by atoms with Gasteiger partial charge in [0.1, 0.15) is 16.7 Å². The van der Waals surface area contributed by atoms with Gasteiger partial charge in [-0.25, -0.2) is 4.98 Å². The molecule has 3 N–H and O–H groups in total. The zero-order valence-electron chi connectivity index (χ0n) is 20.0. The van der Waals surface area contributed by atoms with E-state index >= 15 is 0 Å². The van der Waals surface area contributed by atoms with Crippen molar-refractivity contribution in [3.05, 3.63) is 22.7 Å². The van der Waals surface area contributed by atoms with Crippen LogP contribution in [-0.4, -0.2) is 64.4 Å². The van der Waals surface area contributed by atoms with Gasteiger partial charge in [0.05, 0.1) is 24.7 Å². The van der Waals surface area contributed by atoms with Gasteiger partial charge in [0.2, 0.25) is 5.91 Å². The molecule has 3 fully saturated rings. The molecule has 8 heteroatoms. The quantitative estimate of drug-likeness (QED) is 0.651. The van der Waals surface area contributed by atoms with Crippen molar-refractivity contribution < 1.29 is 19.4 Å². The molecule has 2 aromatic rings. The van der Waals surface area contributed by atoms with Gasteiger partial charge < -0.3 is 20.3 Å². The number of aryl methyl sites for hydroxylation is 1. The Labute approximate surface area is 204 Å². The molecule has 4 heterocycles. The number of carbonyl (C=O) groups is 1. The summed E-state index contributed by atoms with van der Waals surface area (Å²) in [6.45, 7) is 6.51. The molecular weight excluding hydrogens is 450 g/mol. The van der Waals surface area contributed by atoms with E-state index in [2.05, 4.69) is 23.7 Å². The Balaban J connectivity index is 1.17. The largest absolute Gasteiger partial charge is 0.490 e. The van der Waals surface area contributed by atoms with Gasteiger partial charge in [0, 0.05) is 34.6 Å². The minimum atomic E-state index is -1.11. The Hall–Kier alpha value is -1.74. The first kappa shape index (κ1) is 22.7. The van der Waals surface area contributed by atoms with Crippen molar-refractivity contribution in [2.75, 3.05) is 13.2 Å². The maximum absolute atomic E-state index is 11.5. The molecule has 184 valence electrons. The standard InChI is InChI=1S/C26H35N3O4S/c1-26(2)20-12-32-13-21(26)29(20)15-4-6-16(7-5-15)33-18-9-10-28-25-23(18)22-14(3-8-19(22)34-25)11-17(30)24(27)31/h9-10,14-17,20-21,30H,3-8,11-13H2,1-2H3,(H2,27,31)/t14-,15?,16?,17+,20-,21+/m1/s1. The van der Waals surface area contributed by atoms with Crippen molar-refractivity contribution in [2.45, 2.75) is 95.0 Å². The number of carbonyl (C=O) groups excluding carboxylic acids is 1. The summed E-state index contributed by atoms with van der Waals surface area (Å²) in [6.07, 6.45) is 7.63. The number of rotatable bonds is 6. The van der Waals surface area contributed by atoms with E-state index in [0.717, 1.165) is 67.7 Å². The predicted molar refractivity (Wildman–Crippen MR) is 131 cm³/mol. The first-order valence-electron chi connectivity index (χ1n) is 12.7. The van der Waals surface area contributed by atoms with Gasteiger partial charge in [0.15, 0.2) is 0 Å². The van der Waals surface area contributed by atoms with Crippen LogP contribution in [0.3, 0.4) is 0 Å². The SMILES string of the molecule is CC1(C)[C@@H]2COC[C@H]1N2C1CCC(Oc2ccnc3sc4c(c23)[C@@H](C[C@H](O)C(N)=O)CC4)CC1. The van der Waals surface area contributed by atoms with Crippen LogP contribution in [-0.2, 0) is 16.0 Å². The lowest BCUT2D eigenvalue weighted by Crippen LogP contribution is -2.77. The van der Waals surface area contributed by atoms with Crippen molar-refractivity contribution in [3.63, 3.8) is 0 Å². The third-order valence-corrected chi connectivity index (χ3v) is 10.2. The number of thiophene rings is 1. The van der Waals surface area contributed by atoms with Gasteiger partial charge in [-0.3, -0.25) is 9.69 Å². The minimum absolute atomic E-state index is 0.116. The molecule has 2 aromatic heterocycles. The van der Waals surface area contributed by atoms with Gasteiger partial charge >= 0.3 is 0 Å². The minimum Gasteiger partial charge on any atom is -0.490 e. The van der Waals surface area contributed by atoms with Crippen molar-refractivity contribution in [3.8, 4) is 5.75 Å². The summed E-state index contributed by atoms with van der Waals surface area (Å²) in [5.74, 6) is 0.368. The van der Waals surface area contributed by atoms with Gasteiger partial charge in [-0.15, -0.1) is 11.3 Å². The molecule has 2 saturated heterocycles. The van der Waals surface area contributed by atoms with Crippen molar-refractivity contribution in [1.29, 1.82) is 0 Å². The molecule has 7 nitrogen and oxygen atoms in total. The maximum atomic E-state index is 11.5. The summed E-state index contributed by atoms with van der Waals surface area (Å²) in [4.78, 5) is 21.1. The second kappa shape index (κ2) is 8.43. The van der Waals surface area contributed by atoms with Crippen molar-refractivity contribution >= 4 is 27.5 Å². The Bertz CT molecular complexity index is 1080. The van der Waals surface area contributed by atoms with Gasteiger partial charge in [-0.1, -0.05) is 13.8 Å². The highest BCUT2D eigenvalue weighted by Crippen LogP contribution is 2.51. The molecule has 1 amide bonds. The van der Waals surface area contributed by atoms with Crippen LogP contribution in [0.5, 0.6) is 5.75 Å². The number of hydrogen-bond acceptors (Lipinski definition) is 7. The van der Waals surface area contributed by atoms with Crippen LogP contribution in [0.1, 0.15) is 68.7 Å². The van der Waals surface area contributed by atoms with E-state index < -0.39 is 12.0 Å². The van der Waals surface area contributed by atoms with Gasteiger partial charge in [-0.05, 0) is 62.5 Å². The maximum Gasteiger partial charge on any atom is 0.246 e. The summed E-state index contributed by atoms with van der Waals surface area (Å²) in [7, 11) is 0. The van der Waals surface area contributed by atoms with Crippen LogP contribution in [0.15, 0.2) is 12.3 Å². The molecule has 0 spiro atoms. The first-order chi connectivity index (χ1) is 16.3. The molecule has 0 radical (unpaired) electrons. The van der Waals surface area contributed by atoms with E-state index in [1.165, 1.54) is 10.4 Å². The van der Waals surface area contributed by atoms with Crippen LogP contribution in [0, 0.1) is 5.41 Å². The number of amides is 1. The fourth-order valence-electron chi connectivity index (χ4n) is 7.02. The molecule has 4 atom stereocenters. The molecule has 2 bridgehead atoms. The van der Waals surface area contributed by atoms with E-state index in [0.29, 0.717) is 30.0 Å². The molecule has 2 aliphatic carbocycles. The highest BCUT2D eigenvalue weighted by molar-refractivity contribution is 7.19. The number of aliphatic hydroxyl groups is 1. The lowest BCUT2D eigenvalue weighted by molar-refractivity contribution is -0.235. The predicted octanol–water partition coefficient (Wildman–Crippen LogP) is 3.36. The van der Waals surface area contributed by atoms with Crippen molar-refractivity contribution in [2.24, 2.45) is 11.1 Å². The zero-order valence-corrected chi connectivity index (χ0v) is 20.9. The lowest BCUT2D eigenvalue weighted by atomic mass is 9.64. The van der Waals surface area contributed by atoms with Crippen LogP contribution in [0.4, 0.5) is 0 Å². The molecule has 2 aliphatic heterocycles. The van der Waals surface area contributed by atoms with Crippen LogP contribution < -0.4 is 10.5 Å². The first-order valence-corrected chi connectivity index (χ1v) is 13.6. The number of nitrogens with two attached hydrogens (primary N) is 1. The number of pyridine rings is 1. The summed E-state index contributed by atoms with van der Waals surface area (Å²) in [5, 5.41) is 11.2. The third-order valence-electron chi connectivity index (χ3n) is 8.98. The molecular formula is C26H35N3O4S. The Morgan fingerprint density at radius 3 is 2.71 bits per heavy atom. The molecule has 4 aliphatic rings. The molecule has 0 aromatic carbocycles. The Kier molecular flexibility index (Phi) is 5.63. The fourth-order valence-corrected chi connectivity index (χ4v) is 8.28. The number of nitrogens with zero attached hydrogens (tertiary/aromatic N) is 2. The van der Waals surface area contributed by atoms with E-state index in [4.69, 9.17) is 15.2 Å². The normalized spacial score (nSPS) is 33.3. The number of likely N-dealkylation sites (tertiary alicyclic amines) is 1. The molecule has 34 heavy (non-hydrogen) atoms. The fraction of sp³-hybridized carbons (Fsp3) is 0.692. The number of aromatic nitrogens is 1. The summed E-state index contributed by atoms with van der Waals surface area (Å²) < 4.78 is 12.4. The topological polar surface area (TPSA) is 97.9 Å². The average molecular weight is 486 g/mol. The second-order valence-electron chi connectivity index (χ2n) is 11.2. The monoisotopic (exact) mass is 485 g/mol. The number of morpholine rings is 1. The van der Waals surface area contributed by atoms with E-state index in [1.807, 2.05) is 12.3 Å². The van der Waals surface area contributed by atoms with E-state index in [9.17, 15) is 9.90 Å². The summed E-state index contributed by atoms with van der Waals surface area (Å²) >= 11 is 1.72. The number of primary amides is 1. The van der Waals surface area contributed by atoms with Crippen LogP contribution in [0.2, 0.25) is 0 Å². The van der Waals surface area contributed by atoms with Gasteiger partial charge in [0.25, 0.3) is 0 Å². The molecule has 0 unspecified atom stereocenters. The van der Waals surface area contributed by atoms with E-state index in [1.54, 1.807) is 11.3 Å². The average Bonchev–Trinajstić information content (AvgIpc) is 3.39.